The van der Waals surface area contributed by atoms with E-state index in [0.29, 0.717) is 17.9 Å². The maximum atomic E-state index is 13.0. The SMILES string of the molecule is O=C(c1ccccc1)N1CCC(c2ccccc2)[C@H]2CCCCC21. The van der Waals surface area contributed by atoms with Crippen LogP contribution in [0.15, 0.2) is 60.7 Å². The Labute approximate surface area is 144 Å². The Bertz CT molecular complexity index is 682. The largest absolute Gasteiger partial charge is 0.335 e. The van der Waals surface area contributed by atoms with Crippen LogP contribution in [0.3, 0.4) is 0 Å². The molecule has 2 aliphatic rings. The number of nitrogens with zero attached hydrogens (tertiary/aromatic N) is 1. The Morgan fingerprint density at radius 3 is 2.25 bits per heavy atom. The minimum Gasteiger partial charge on any atom is -0.335 e. The topological polar surface area (TPSA) is 20.3 Å². The summed E-state index contributed by atoms with van der Waals surface area (Å²) in [4.78, 5) is 15.2. The Kier molecular flexibility index (Phi) is 4.38. The van der Waals surface area contributed by atoms with Crippen molar-refractivity contribution >= 4 is 5.91 Å². The number of benzene rings is 2. The molecule has 1 aliphatic carbocycles. The fourth-order valence-corrected chi connectivity index (χ4v) is 4.77. The minimum atomic E-state index is 0.221. The van der Waals surface area contributed by atoms with E-state index in [1.54, 1.807) is 0 Å². The van der Waals surface area contributed by atoms with Crippen molar-refractivity contribution in [3.05, 3.63) is 71.8 Å². The van der Waals surface area contributed by atoms with Crippen LogP contribution in [0.4, 0.5) is 0 Å². The summed E-state index contributed by atoms with van der Waals surface area (Å²) in [6, 6.07) is 21.1. The molecule has 3 atom stereocenters. The van der Waals surface area contributed by atoms with Crippen molar-refractivity contribution in [3.63, 3.8) is 0 Å². The molecule has 2 nitrogen and oxygen atoms in total. The lowest BCUT2D eigenvalue weighted by Crippen LogP contribution is -2.52. The summed E-state index contributed by atoms with van der Waals surface area (Å²) in [5.74, 6) is 1.44. The Morgan fingerprint density at radius 2 is 1.50 bits per heavy atom. The second kappa shape index (κ2) is 6.80. The number of carbonyl (C=O) groups excluding carboxylic acids is 1. The van der Waals surface area contributed by atoms with E-state index in [2.05, 4.69) is 35.2 Å². The summed E-state index contributed by atoms with van der Waals surface area (Å²) < 4.78 is 0. The van der Waals surface area contributed by atoms with Crippen molar-refractivity contribution in [3.8, 4) is 0 Å². The molecule has 1 amide bonds. The van der Waals surface area contributed by atoms with E-state index in [1.807, 2.05) is 30.3 Å². The van der Waals surface area contributed by atoms with Gasteiger partial charge < -0.3 is 4.90 Å². The molecule has 0 aromatic heterocycles. The summed E-state index contributed by atoms with van der Waals surface area (Å²) in [6.45, 7) is 0.883. The fraction of sp³-hybridized carbons (Fsp3) is 0.409. The minimum absolute atomic E-state index is 0.221. The molecule has 4 rings (SSSR count). The van der Waals surface area contributed by atoms with Gasteiger partial charge in [0.1, 0.15) is 0 Å². The van der Waals surface area contributed by atoms with Crippen molar-refractivity contribution < 1.29 is 4.79 Å². The highest BCUT2D eigenvalue weighted by Gasteiger charge is 2.41. The van der Waals surface area contributed by atoms with Crippen LogP contribution in [0.5, 0.6) is 0 Å². The maximum Gasteiger partial charge on any atom is 0.254 e. The van der Waals surface area contributed by atoms with E-state index >= 15 is 0 Å². The van der Waals surface area contributed by atoms with E-state index in [0.717, 1.165) is 24.9 Å². The number of rotatable bonds is 2. The zero-order chi connectivity index (χ0) is 16.4. The van der Waals surface area contributed by atoms with Crippen LogP contribution in [0.2, 0.25) is 0 Å². The van der Waals surface area contributed by atoms with Crippen LogP contribution in [-0.4, -0.2) is 23.4 Å². The van der Waals surface area contributed by atoms with Gasteiger partial charge in [0.2, 0.25) is 0 Å². The predicted octanol–water partition coefficient (Wildman–Crippen LogP) is 4.88. The quantitative estimate of drug-likeness (QED) is 0.773. The van der Waals surface area contributed by atoms with Gasteiger partial charge in [0.05, 0.1) is 0 Å². The van der Waals surface area contributed by atoms with E-state index in [4.69, 9.17) is 0 Å². The van der Waals surface area contributed by atoms with Crippen LogP contribution in [0, 0.1) is 5.92 Å². The molecule has 2 unspecified atom stereocenters. The summed E-state index contributed by atoms with van der Waals surface area (Å²) in [6.07, 6.45) is 6.05. The van der Waals surface area contributed by atoms with Crippen LogP contribution in [0.1, 0.15) is 53.9 Å². The highest BCUT2D eigenvalue weighted by atomic mass is 16.2. The number of piperidine rings is 1. The molecule has 1 saturated heterocycles. The standard InChI is InChI=1S/C22H25NO/c24-22(18-11-5-2-6-12-18)23-16-15-19(17-9-3-1-4-10-17)20-13-7-8-14-21(20)23/h1-6,9-12,19-21H,7-8,13-16H2/t19?,20-,21?/m1/s1. The Hall–Kier alpha value is -2.09. The normalized spacial score (nSPS) is 26.7. The fourth-order valence-electron chi connectivity index (χ4n) is 4.77. The molecule has 2 heteroatoms. The second-order valence-corrected chi connectivity index (χ2v) is 7.19. The summed E-state index contributed by atoms with van der Waals surface area (Å²) in [7, 11) is 0. The summed E-state index contributed by atoms with van der Waals surface area (Å²) >= 11 is 0. The number of hydrogen-bond donors (Lipinski definition) is 0. The number of amides is 1. The average Bonchev–Trinajstić information content (AvgIpc) is 2.68. The average molecular weight is 319 g/mol. The number of hydrogen-bond acceptors (Lipinski definition) is 1. The van der Waals surface area contributed by atoms with E-state index in [1.165, 1.54) is 24.8 Å². The number of carbonyl (C=O) groups is 1. The van der Waals surface area contributed by atoms with Gasteiger partial charge in [0, 0.05) is 18.2 Å². The molecule has 0 spiro atoms. The third-order valence-corrected chi connectivity index (χ3v) is 5.89. The predicted molar refractivity (Wildman–Crippen MR) is 97.0 cm³/mol. The van der Waals surface area contributed by atoms with Crippen molar-refractivity contribution in [2.45, 2.75) is 44.1 Å². The lowest BCUT2D eigenvalue weighted by Gasteiger charge is -2.48. The number of likely N-dealkylation sites (tertiary alicyclic amines) is 1. The third kappa shape index (κ3) is 2.86. The molecule has 24 heavy (non-hydrogen) atoms. The van der Waals surface area contributed by atoms with Crippen molar-refractivity contribution in [1.29, 1.82) is 0 Å². The summed E-state index contributed by atoms with van der Waals surface area (Å²) in [5.41, 5.74) is 2.29. The molecular formula is C22H25NO. The van der Waals surface area contributed by atoms with Gasteiger partial charge in [-0.2, -0.15) is 0 Å². The second-order valence-electron chi connectivity index (χ2n) is 7.19. The van der Waals surface area contributed by atoms with Crippen LogP contribution < -0.4 is 0 Å². The van der Waals surface area contributed by atoms with Gasteiger partial charge in [-0.3, -0.25) is 4.79 Å². The molecule has 0 N–H and O–H groups in total. The van der Waals surface area contributed by atoms with Gasteiger partial charge in [-0.15, -0.1) is 0 Å². The summed E-state index contributed by atoms with van der Waals surface area (Å²) in [5, 5.41) is 0. The van der Waals surface area contributed by atoms with Gasteiger partial charge >= 0.3 is 0 Å². The zero-order valence-corrected chi connectivity index (χ0v) is 14.1. The molecule has 2 aromatic rings. The first kappa shape index (κ1) is 15.4. The Balaban J connectivity index is 1.60. The molecule has 124 valence electrons. The van der Waals surface area contributed by atoms with Crippen LogP contribution in [0.25, 0.3) is 0 Å². The van der Waals surface area contributed by atoms with Crippen LogP contribution in [-0.2, 0) is 0 Å². The van der Waals surface area contributed by atoms with E-state index in [9.17, 15) is 4.79 Å². The van der Waals surface area contributed by atoms with E-state index < -0.39 is 0 Å². The molecule has 1 aliphatic heterocycles. The van der Waals surface area contributed by atoms with Gasteiger partial charge in [-0.05, 0) is 48.8 Å². The van der Waals surface area contributed by atoms with E-state index in [-0.39, 0.29) is 5.91 Å². The molecule has 0 radical (unpaired) electrons. The number of fused-ring (bicyclic) bond motifs is 1. The molecule has 0 bridgehead atoms. The first-order valence-corrected chi connectivity index (χ1v) is 9.25. The third-order valence-electron chi connectivity index (χ3n) is 5.89. The van der Waals surface area contributed by atoms with Gasteiger partial charge in [-0.1, -0.05) is 61.4 Å². The maximum absolute atomic E-state index is 13.0. The highest BCUT2D eigenvalue weighted by molar-refractivity contribution is 5.94. The van der Waals surface area contributed by atoms with Gasteiger partial charge in [-0.25, -0.2) is 0 Å². The first-order valence-electron chi connectivity index (χ1n) is 9.25. The van der Waals surface area contributed by atoms with Crippen LogP contribution >= 0.6 is 0 Å². The highest BCUT2D eigenvalue weighted by Crippen LogP contribution is 2.44. The zero-order valence-electron chi connectivity index (χ0n) is 14.1. The first-order chi connectivity index (χ1) is 11.8. The van der Waals surface area contributed by atoms with Crippen molar-refractivity contribution in [2.75, 3.05) is 6.54 Å². The lowest BCUT2D eigenvalue weighted by molar-refractivity contribution is 0.0319. The van der Waals surface area contributed by atoms with Crippen molar-refractivity contribution in [2.24, 2.45) is 5.92 Å². The van der Waals surface area contributed by atoms with Crippen molar-refractivity contribution in [1.82, 2.24) is 4.90 Å². The molecule has 1 heterocycles. The monoisotopic (exact) mass is 319 g/mol. The molecule has 2 fully saturated rings. The smallest absolute Gasteiger partial charge is 0.254 e. The van der Waals surface area contributed by atoms with Gasteiger partial charge in [0.25, 0.3) is 5.91 Å². The molecule has 2 aromatic carbocycles. The van der Waals surface area contributed by atoms with Gasteiger partial charge in [0.15, 0.2) is 0 Å². The Morgan fingerprint density at radius 1 is 0.833 bits per heavy atom. The lowest BCUT2D eigenvalue weighted by atomic mass is 9.69. The molecule has 1 saturated carbocycles. The molecular weight excluding hydrogens is 294 g/mol.